The van der Waals surface area contributed by atoms with Gasteiger partial charge in [-0.25, -0.2) is 4.98 Å². The lowest BCUT2D eigenvalue weighted by molar-refractivity contribution is 0.234. The lowest BCUT2D eigenvalue weighted by atomic mass is 10.2. The Bertz CT molecular complexity index is 764. The van der Waals surface area contributed by atoms with Crippen LogP contribution in [-0.4, -0.2) is 9.55 Å². The van der Waals surface area contributed by atoms with Crippen LogP contribution in [0.2, 0.25) is 5.02 Å². The summed E-state index contributed by atoms with van der Waals surface area (Å²) in [5, 5.41) is 0.692. The molecule has 1 aliphatic rings. The maximum absolute atomic E-state index is 6.05. The first-order valence-electron chi connectivity index (χ1n) is 5.71. The van der Waals surface area contributed by atoms with Crippen molar-refractivity contribution >= 4 is 22.6 Å². The van der Waals surface area contributed by atoms with E-state index >= 15 is 0 Å². The van der Waals surface area contributed by atoms with E-state index in [0.29, 0.717) is 11.8 Å². The van der Waals surface area contributed by atoms with Crippen molar-refractivity contribution < 1.29 is 4.74 Å². The van der Waals surface area contributed by atoms with Crippen LogP contribution >= 0.6 is 11.6 Å². The molecular formula is C14H9ClN2O. The van der Waals surface area contributed by atoms with Crippen LogP contribution in [0.4, 0.5) is 0 Å². The van der Waals surface area contributed by atoms with Gasteiger partial charge in [-0.2, -0.15) is 0 Å². The molecule has 0 atom stereocenters. The Labute approximate surface area is 109 Å². The normalized spacial score (nSPS) is 12.9. The summed E-state index contributed by atoms with van der Waals surface area (Å²) < 4.78 is 7.80. The van der Waals surface area contributed by atoms with Gasteiger partial charge in [0.25, 0.3) is 0 Å². The first-order valence-corrected chi connectivity index (χ1v) is 6.09. The maximum Gasteiger partial charge on any atom is 0.167 e. The van der Waals surface area contributed by atoms with Crippen LogP contribution in [0.25, 0.3) is 22.4 Å². The van der Waals surface area contributed by atoms with Crippen LogP contribution in [-0.2, 0) is 6.73 Å². The molecule has 0 unspecified atom stereocenters. The molecule has 0 N–H and O–H groups in total. The van der Waals surface area contributed by atoms with Gasteiger partial charge in [0.15, 0.2) is 6.73 Å². The summed E-state index contributed by atoms with van der Waals surface area (Å²) in [5.74, 6) is 1.75. The van der Waals surface area contributed by atoms with Crippen molar-refractivity contribution in [1.82, 2.24) is 9.55 Å². The van der Waals surface area contributed by atoms with Crippen molar-refractivity contribution in [3.8, 4) is 17.1 Å². The molecule has 0 spiro atoms. The van der Waals surface area contributed by atoms with E-state index in [1.807, 2.05) is 42.5 Å². The molecule has 3 nitrogen and oxygen atoms in total. The van der Waals surface area contributed by atoms with E-state index in [9.17, 15) is 0 Å². The summed E-state index contributed by atoms with van der Waals surface area (Å²) in [5.41, 5.74) is 3.01. The fourth-order valence-electron chi connectivity index (χ4n) is 2.35. The Morgan fingerprint density at radius 2 is 2.06 bits per heavy atom. The Kier molecular flexibility index (Phi) is 1.94. The minimum Gasteiger partial charge on any atom is -0.472 e. The van der Waals surface area contributed by atoms with Gasteiger partial charge in [-0.3, -0.25) is 4.57 Å². The topological polar surface area (TPSA) is 27.1 Å². The number of para-hydroxylation sites is 2. The minimum absolute atomic E-state index is 0.491. The molecule has 4 rings (SSSR count). The first-order chi connectivity index (χ1) is 8.83. The second-order valence-corrected chi connectivity index (χ2v) is 4.70. The molecule has 1 aliphatic heterocycles. The SMILES string of the molecule is Clc1ccc2c(c1)-c1nc3ccccc3n1CO2. The molecule has 0 saturated heterocycles. The second kappa shape index (κ2) is 3.50. The van der Waals surface area contributed by atoms with Gasteiger partial charge in [-0.15, -0.1) is 0 Å². The van der Waals surface area contributed by atoms with Crippen LogP contribution < -0.4 is 4.74 Å². The fourth-order valence-corrected chi connectivity index (χ4v) is 2.52. The monoisotopic (exact) mass is 256 g/mol. The van der Waals surface area contributed by atoms with Gasteiger partial charge in [0.05, 0.1) is 16.6 Å². The van der Waals surface area contributed by atoms with E-state index < -0.39 is 0 Å². The number of hydrogen-bond donors (Lipinski definition) is 0. The zero-order valence-corrected chi connectivity index (χ0v) is 10.2. The molecule has 3 aromatic rings. The molecule has 1 aromatic heterocycles. The molecule has 88 valence electrons. The highest BCUT2D eigenvalue weighted by atomic mass is 35.5. The van der Waals surface area contributed by atoms with Crippen LogP contribution in [0, 0.1) is 0 Å². The number of benzene rings is 2. The van der Waals surface area contributed by atoms with Gasteiger partial charge in [-0.1, -0.05) is 23.7 Å². The number of aromatic nitrogens is 2. The van der Waals surface area contributed by atoms with E-state index in [2.05, 4.69) is 9.55 Å². The van der Waals surface area contributed by atoms with Crippen LogP contribution in [0.1, 0.15) is 0 Å². The summed E-state index contributed by atoms with van der Waals surface area (Å²) in [6.45, 7) is 0.491. The molecule has 0 bridgehead atoms. The summed E-state index contributed by atoms with van der Waals surface area (Å²) in [7, 11) is 0. The Morgan fingerprint density at radius 1 is 1.17 bits per heavy atom. The average Bonchev–Trinajstić information content (AvgIpc) is 2.78. The average molecular weight is 257 g/mol. The van der Waals surface area contributed by atoms with E-state index in [-0.39, 0.29) is 0 Å². The molecule has 0 radical (unpaired) electrons. The van der Waals surface area contributed by atoms with E-state index in [0.717, 1.165) is 28.2 Å². The summed E-state index contributed by atoms with van der Waals surface area (Å²) in [6, 6.07) is 13.7. The standard InChI is InChI=1S/C14H9ClN2O/c15-9-5-6-13-10(7-9)14-16-11-3-1-2-4-12(11)17(14)8-18-13/h1-7H,8H2. The van der Waals surface area contributed by atoms with Gasteiger partial charge >= 0.3 is 0 Å². The number of hydrogen-bond acceptors (Lipinski definition) is 2. The molecule has 2 heterocycles. The van der Waals surface area contributed by atoms with Crippen molar-refractivity contribution in [1.29, 1.82) is 0 Å². The first kappa shape index (κ1) is 9.97. The fraction of sp³-hybridized carbons (Fsp3) is 0.0714. The maximum atomic E-state index is 6.05. The molecule has 2 aromatic carbocycles. The third kappa shape index (κ3) is 1.28. The lowest BCUT2D eigenvalue weighted by Crippen LogP contribution is -2.12. The highest BCUT2D eigenvalue weighted by Crippen LogP contribution is 2.37. The highest BCUT2D eigenvalue weighted by molar-refractivity contribution is 6.31. The van der Waals surface area contributed by atoms with E-state index in [4.69, 9.17) is 16.3 Å². The molecule has 18 heavy (non-hydrogen) atoms. The van der Waals surface area contributed by atoms with Crippen molar-refractivity contribution in [2.24, 2.45) is 0 Å². The summed E-state index contributed by atoms with van der Waals surface area (Å²) in [6.07, 6.45) is 0. The van der Waals surface area contributed by atoms with Gasteiger partial charge in [-0.05, 0) is 30.3 Å². The number of imidazole rings is 1. The molecule has 0 saturated carbocycles. The predicted molar refractivity (Wildman–Crippen MR) is 70.8 cm³/mol. The molecule has 4 heteroatoms. The van der Waals surface area contributed by atoms with E-state index in [1.54, 1.807) is 0 Å². The largest absolute Gasteiger partial charge is 0.472 e. The number of halogens is 1. The third-order valence-electron chi connectivity index (χ3n) is 3.19. The number of ether oxygens (including phenoxy) is 1. The zero-order valence-electron chi connectivity index (χ0n) is 9.43. The molecule has 0 fully saturated rings. The molecule has 0 amide bonds. The summed E-state index contributed by atoms with van der Waals surface area (Å²) >= 11 is 6.05. The van der Waals surface area contributed by atoms with Crippen LogP contribution in [0.3, 0.4) is 0 Å². The third-order valence-corrected chi connectivity index (χ3v) is 3.42. The second-order valence-electron chi connectivity index (χ2n) is 4.27. The molecule has 0 aliphatic carbocycles. The van der Waals surface area contributed by atoms with Crippen LogP contribution in [0.5, 0.6) is 5.75 Å². The predicted octanol–water partition coefficient (Wildman–Crippen LogP) is 3.71. The van der Waals surface area contributed by atoms with Crippen molar-refractivity contribution in [2.45, 2.75) is 6.73 Å². The minimum atomic E-state index is 0.491. The Balaban J connectivity index is 2.08. The van der Waals surface area contributed by atoms with Crippen molar-refractivity contribution in [3.05, 3.63) is 47.5 Å². The van der Waals surface area contributed by atoms with Gasteiger partial charge in [0, 0.05) is 5.02 Å². The smallest absolute Gasteiger partial charge is 0.167 e. The van der Waals surface area contributed by atoms with Crippen molar-refractivity contribution in [2.75, 3.05) is 0 Å². The molecular weight excluding hydrogens is 248 g/mol. The van der Waals surface area contributed by atoms with Gasteiger partial charge < -0.3 is 4.74 Å². The van der Waals surface area contributed by atoms with Crippen LogP contribution in [0.15, 0.2) is 42.5 Å². The Morgan fingerprint density at radius 3 is 3.00 bits per heavy atom. The van der Waals surface area contributed by atoms with Gasteiger partial charge in [0.2, 0.25) is 0 Å². The Hall–Kier alpha value is -2.00. The lowest BCUT2D eigenvalue weighted by Gasteiger charge is -2.19. The zero-order chi connectivity index (χ0) is 12.1. The quantitative estimate of drug-likeness (QED) is 0.613. The summed E-state index contributed by atoms with van der Waals surface area (Å²) in [4.78, 5) is 4.66. The number of nitrogens with zero attached hydrogens (tertiary/aromatic N) is 2. The number of rotatable bonds is 0. The number of fused-ring (bicyclic) bond motifs is 5. The van der Waals surface area contributed by atoms with Gasteiger partial charge in [0.1, 0.15) is 11.6 Å². The van der Waals surface area contributed by atoms with Crippen molar-refractivity contribution in [3.63, 3.8) is 0 Å². The van der Waals surface area contributed by atoms with E-state index in [1.165, 1.54) is 0 Å². The highest BCUT2D eigenvalue weighted by Gasteiger charge is 2.21.